The molecule has 1 saturated carbocycles. The van der Waals surface area contributed by atoms with Gasteiger partial charge in [0.05, 0.1) is 6.61 Å². The van der Waals surface area contributed by atoms with Gasteiger partial charge in [-0.05, 0) is 61.2 Å². The largest absolute Gasteiger partial charge is 0.494 e. The molecule has 216 valence electrons. The Morgan fingerprint density at radius 3 is 2.17 bits per heavy atom. The van der Waals surface area contributed by atoms with Crippen LogP contribution in [0.25, 0.3) is 0 Å². The van der Waals surface area contributed by atoms with Crippen LogP contribution in [-0.4, -0.2) is 42.1 Å². The summed E-state index contributed by atoms with van der Waals surface area (Å²) in [5, 5.41) is 13.1. The number of para-hydroxylation sites is 2. The third-order valence-corrected chi connectivity index (χ3v) is 7.86. The molecule has 1 fully saturated rings. The van der Waals surface area contributed by atoms with E-state index in [1.54, 1.807) is 36.4 Å². The van der Waals surface area contributed by atoms with Crippen molar-refractivity contribution in [3.8, 4) is 5.75 Å². The first kappa shape index (κ1) is 28.9. The summed E-state index contributed by atoms with van der Waals surface area (Å²) < 4.78 is 6.05. The maximum absolute atomic E-state index is 13.1. The summed E-state index contributed by atoms with van der Waals surface area (Å²) in [6, 6.07) is 34.0. The van der Waals surface area contributed by atoms with Gasteiger partial charge in [0.1, 0.15) is 11.8 Å². The van der Waals surface area contributed by atoms with Crippen LogP contribution in [0.1, 0.15) is 53.6 Å². The van der Waals surface area contributed by atoms with Crippen molar-refractivity contribution in [2.24, 2.45) is 0 Å². The first-order valence-electron chi connectivity index (χ1n) is 14.8. The van der Waals surface area contributed by atoms with Crippen molar-refractivity contribution in [2.45, 2.75) is 50.6 Å². The molecule has 6 heteroatoms. The van der Waals surface area contributed by atoms with E-state index in [4.69, 9.17) is 4.74 Å². The second-order valence-electron chi connectivity index (χ2n) is 10.8. The minimum atomic E-state index is -0.984. The first-order chi connectivity index (χ1) is 20.6. The molecule has 6 nitrogen and oxygen atoms in total. The van der Waals surface area contributed by atoms with E-state index in [-0.39, 0.29) is 12.2 Å². The average Bonchev–Trinajstić information content (AvgIpc) is 3.57. The third kappa shape index (κ3) is 7.58. The van der Waals surface area contributed by atoms with Gasteiger partial charge in [-0.25, -0.2) is 4.79 Å². The van der Waals surface area contributed by atoms with Crippen LogP contribution in [-0.2, 0) is 11.2 Å². The summed E-state index contributed by atoms with van der Waals surface area (Å²) >= 11 is 0. The number of hydrogen-bond acceptors (Lipinski definition) is 5. The van der Waals surface area contributed by atoms with Gasteiger partial charge in [-0.15, -0.1) is 0 Å². The van der Waals surface area contributed by atoms with Gasteiger partial charge in [-0.3, -0.25) is 4.79 Å². The zero-order valence-electron chi connectivity index (χ0n) is 23.8. The molecule has 2 N–H and O–H groups in total. The number of carboxylic acid groups (broad SMARTS) is 1. The minimum absolute atomic E-state index is 0.153. The van der Waals surface area contributed by atoms with Crippen LogP contribution in [0.4, 0.5) is 11.4 Å². The van der Waals surface area contributed by atoms with Crippen LogP contribution in [0.2, 0.25) is 0 Å². The summed E-state index contributed by atoms with van der Waals surface area (Å²) in [5.74, 6) is -0.369. The Balaban J connectivity index is 1.16. The Morgan fingerprint density at radius 2 is 1.48 bits per heavy atom. The Hall–Kier alpha value is -4.58. The molecule has 0 saturated heterocycles. The number of nitrogens with zero attached hydrogens (tertiary/aromatic N) is 1. The summed E-state index contributed by atoms with van der Waals surface area (Å²) in [6.45, 7) is 1.56. The van der Waals surface area contributed by atoms with Crippen molar-refractivity contribution in [2.75, 3.05) is 23.4 Å². The molecule has 5 rings (SSSR count). The molecule has 42 heavy (non-hydrogen) atoms. The average molecular weight is 563 g/mol. The lowest BCUT2D eigenvalue weighted by Crippen LogP contribution is -2.34. The zero-order chi connectivity index (χ0) is 29.1. The molecule has 1 atom stereocenters. The van der Waals surface area contributed by atoms with E-state index in [9.17, 15) is 14.7 Å². The number of hydrogen-bond donors (Lipinski definition) is 2. The molecule has 0 radical (unpaired) electrons. The number of carboxylic acids is 1. The fourth-order valence-corrected chi connectivity index (χ4v) is 5.68. The van der Waals surface area contributed by atoms with Crippen molar-refractivity contribution in [3.63, 3.8) is 0 Å². The van der Waals surface area contributed by atoms with Gasteiger partial charge in [-0.1, -0.05) is 85.6 Å². The molecular formula is C36H38N2O4. The second kappa shape index (κ2) is 14.4. The molecule has 0 unspecified atom stereocenters. The maximum atomic E-state index is 13.1. The quantitative estimate of drug-likeness (QED) is 0.125. The fraction of sp³-hybridized carbons (Fsp3) is 0.278. The summed E-state index contributed by atoms with van der Waals surface area (Å²) in [6.07, 6.45) is 6.27. The third-order valence-electron chi connectivity index (χ3n) is 7.86. The predicted molar refractivity (Wildman–Crippen MR) is 168 cm³/mol. The standard InChI is InChI=1S/C36H38N2O4/c39-35(28-12-3-1-4-13-28)32-18-9-10-19-33(32)37-34(36(40)41)26-27-20-22-31(23-21-27)42-25-11-24-38(30-16-7-8-17-30)29-14-5-2-6-15-29/h1-6,9-10,12-15,18-23,30,34,37H,7-8,11,16-17,24-26H2,(H,40,41)/t34-/m0/s1. The van der Waals surface area contributed by atoms with Gasteiger partial charge in [-0.2, -0.15) is 0 Å². The van der Waals surface area contributed by atoms with Gasteiger partial charge in [0.25, 0.3) is 0 Å². The molecule has 1 aliphatic carbocycles. The number of anilines is 2. The van der Waals surface area contributed by atoms with Crippen molar-refractivity contribution in [1.29, 1.82) is 0 Å². The number of carbonyl (C=O) groups excluding carboxylic acids is 1. The van der Waals surface area contributed by atoms with E-state index >= 15 is 0 Å². The molecule has 0 spiro atoms. The normalized spacial score (nSPS) is 13.8. The first-order valence-corrected chi connectivity index (χ1v) is 14.8. The summed E-state index contributed by atoms with van der Waals surface area (Å²) in [7, 11) is 0. The van der Waals surface area contributed by atoms with E-state index in [0.717, 1.165) is 24.3 Å². The van der Waals surface area contributed by atoms with E-state index in [2.05, 4.69) is 40.5 Å². The van der Waals surface area contributed by atoms with Crippen molar-refractivity contribution < 1.29 is 19.4 Å². The number of ether oxygens (including phenoxy) is 1. The number of rotatable bonds is 14. The molecule has 0 aromatic heterocycles. The Bertz CT molecular complexity index is 1430. The lowest BCUT2D eigenvalue weighted by Gasteiger charge is -2.31. The highest BCUT2D eigenvalue weighted by atomic mass is 16.5. The number of nitrogens with one attached hydrogen (secondary N) is 1. The molecule has 0 heterocycles. The van der Waals surface area contributed by atoms with Crippen LogP contribution in [0.3, 0.4) is 0 Å². The highest BCUT2D eigenvalue weighted by Crippen LogP contribution is 2.28. The van der Waals surface area contributed by atoms with Crippen LogP contribution in [0.15, 0.2) is 109 Å². The molecule has 0 bridgehead atoms. The van der Waals surface area contributed by atoms with E-state index in [0.29, 0.717) is 29.5 Å². The minimum Gasteiger partial charge on any atom is -0.494 e. The second-order valence-corrected chi connectivity index (χ2v) is 10.8. The van der Waals surface area contributed by atoms with Gasteiger partial charge in [0.15, 0.2) is 5.78 Å². The fourth-order valence-electron chi connectivity index (χ4n) is 5.68. The van der Waals surface area contributed by atoms with E-state index < -0.39 is 12.0 Å². The summed E-state index contributed by atoms with van der Waals surface area (Å²) in [5.41, 5.74) is 3.65. The molecule has 0 aliphatic heterocycles. The zero-order valence-corrected chi connectivity index (χ0v) is 23.8. The highest BCUT2D eigenvalue weighted by molar-refractivity contribution is 6.12. The highest BCUT2D eigenvalue weighted by Gasteiger charge is 2.23. The van der Waals surface area contributed by atoms with E-state index in [1.165, 1.54) is 31.4 Å². The number of carbonyl (C=O) groups is 2. The molecule has 4 aromatic carbocycles. The van der Waals surface area contributed by atoms with E-state index in [1.807, 2.05) is 42.5 Å². The van der Waals surface area contributed by atoms with Crippen molar-refractivity contribution >= 4 is 23.1 Å². The van der Waals surface area contributed by atoms with Crippen LogP contribution in [0.5, 0.6) is 5.75 Å². The van der Waals surface area contributed by atoms with Crippen molar-refractivity contribution in [1.82, 2.24) is 0 Å². The van der Waals surface area contributed by atoms with Gasteiger partial charge in [0.2, 0.25) is 0 Å². The molecular weight excluding hydrogens is 524 g/mol. The number of aliphatic carboxylic acids is 1. The smallest absolute Gasteiger partial charge is 0.326 e. The lowest BCUT2D eigenvalue weighted by atomic mass is 10.00. The maximum Gasteiger partial charge on any atom is 0.326 e. The van der Waals surface area contributed by atoms with Crippen LogP contribution < -0.4 is 15.0 Å². The Labute approximate surface area is 248 Å². The summed E-state index contributed by atoms with van der Waals surface area (Å²) in [4.78, 5) is 27.8. The number of ketones is 1. The topological polar surface area (TPSA) is 78.9 Å². The molecule has 1 aliphatic rings. The monoisotopic (exact) mass is 562 g/mol. The lowest BCUT2D eigenvalue weighted by molar-refractivity contribution is -0.137. The SMILES string of the molecule is O=C(c1ccccc1)c1ccccc1N[C@@H](Cc1ccc(OCCCN(c2ccccc2)C2CCCC2)cc1)C(=O)O. The van der Waals surface area contributed by atoms with Crippen LogP contribution in [0, 0.1) is 0 Å². The van der Waals surface area contributed by atoms with Gasteiger partial charge in [0, 0.05) is 41.5 Å². The Morgan fingerprint density at radius 1 is 0.833 bits per heavy atom. The molecule has 4 aromatic rings. The van der Waals surface area contributed by atoms with Crippen molar-refractivity contribution in [3.05, 3.63) is 126 Å². The predicted octanol–water partition coefficient (Wildman–Crippen LogP) is 7.24. The Kier molecular flexibility index (Phi) is 9.89. The number of benzene rings is 4. The van der Waals surface area contributed by atoms with Gasteiger partial charge < -0.3 is 20.1 Å². The van der Waals surface area contributed by atoms with Crippen LogP contribution >= 0.6 is 0 Å². The molecule has 0 amide bonds. The van der Waals surface area contributed by atoms with Gasteiger partial charge >= 0.3 is 5.97 Å².